The van der Waals surface area contributed by atoms with Crippen LogP contribution in [-0.2, 0) is 6.42 Å². The summed E-state index contributed by atoms with van der Waals surface area (Å²) < 4.78 is 5.46. The minimum atomic E-state index is 0.331. The number of hydrogen-bond donors (Lipinski definition) is 1. The zero-order valence-corrected chi connectivity index (χ0v) is 17.1. The molecule has 29 heavy (non-hydrogen) atoms. The summed E-state index contributed by atoms with van der Waals surface area (Å²) in [4.78, 5) is 9.30. The van der Waals surface area contributed by atoms with E-state index in [0.717, 1.165) is 41.2 Å². The van der Waals surface area contributed by atoms with Gasteiger partial charge in [-0.3, -0.25) is 9.98 Å². The van der Waals surface area contributed by atoms with E-state index in [1.165, 1.54) is 24.0 Å². The van der Waals surface area contributed by atoms with Crippen molar-refractivity contribution >= 4 is 17.1 Å². The highest BCUT2D eigenvalue weighted by molar-refractivity contribution is 6.14. The second-order valence-electron chi connectivity index (χ2n) is 7.45. The Labute approximate surface area is 172 Å². The Balaban J connectivity index is 1.63. The van der Waals surface area contributed by atoms with Gasteiger partial charge < -0.3 is 10.1 Å². The molecule has 1 aromatic heterocycles. The maximum atomic E-state index is 5.46. The first-order valence-electron chi connectivity index (χ1n) is 10.3. The summed E-state index contributed by atoms with van der Waals surface area (Å²) >= 11 is 0. The Morgan fingerprint density at radius 1 is 1.07 bits per heavy atom. The molecule has 0 radical (unpaired) electrons. The molecule has 4 nitrogen and oxygen atoms in total. The second-order valence-corrected chi connectivity index (χ2v) is 7.45. The van der Waals surface area contributed by atoms with Crippen LogP contribution in [0, 0.1) is 0 Å². The van der Waals surface area contributed by atoms with E-state index >= 15 is 0 Å². The summed E-state index contributed by atoms with van der Waals surface area (Å²) in [7, 11) is 1.72. The van der Waals surface area contributed by atoms with Crippen molar-refractivity contribution in [1.29, 1.82) is 0 Å². The zero-order valence-electron chi connectivity index (χ0n) is 17.1. The van der Waals surface area contributed by atoms with Crippen molar-refractivity contribution in [3.63, 3.8) is 0 Å². The van der Waals surface area contributed by atoms with Crippen LogP contribution in [0.2, 0.25) is 0 Å². The number of rotatable bonds is 7. The van der Waals surface area contributed by atoms with Crippen molar-refractivity contribution in [3.05, 3.63) is 83.7 Å². The lowest BCUT2D eigenvalue weighted by Crippen LogP contribution is -2.22. The molecule has 0 saturated carbocycles. The molecule has 4 heteroatoms. The molecule has 3 aromatic rings. The van der Waals surface area contributed by atoms with Gasteiger partial charge in [-0.2, -0.15) is 0 Å². The van der Waals surface area contributed by atoms with Gasteiger partial charge in [0.05, 0.1) is 30.7 Å². The fraction of sp³-hybridized carbons (Fsp3) is 0.280. The topological polar surface area (TPSA) is 46.5 Å². The van der Waals surface area contributed by atoms with Gasteiger partial charge >= 0.3 is 0 Å². The van der Waals surface area contributed by atoms with Gasteiger partial charge in [-0.25, -0.2) is 0 Å². The molecule has 0 spiro atoms. The SMILES string of the molecule is CCCC[C@H]1Cc2cc(OC)ccc2C(c2ccc(Nc3cccnc3)cc2)=N1. The van der Waals surface area contributed by atoms with Crippen LogP contribution in [0.5, 0.6) is 5.75 Å². The maximum absolute atomic E-state index is 5.46. The van der Waals surface area contributed by atoms with Crippen molar-refractivity contribution in [1.82, 2.24) is 4.98 Å². The summed E-state index contributed by atoms with van der Waals surface area (Å²) in [5, 5.41) is 3.39. The van der Waals surface area contributed by atoms with Crippen LogP contribution in [0.3, 0.4) is 0 Å². The third-order valence-corrected chi connectivity index (χ3v) is 5.33. The van der Waals surface area contributed by atoms with E-state index in [2.05, 4.69) is 53.6 Å². The highest BCUT2D eigenvalue weighted by Crippen LogP contribution is 2.29. The smallest absolute Gasteiger partial charge is 0.119 e. The van der Waals surface area contributed by atoms with Gasteiger partial charge in [-0.05, 0) is 60.9 Å². The molecule has 0 aliphatic carbocycles. The van der Waals surface area contributed by atoms with Gasteiger partial charge in [0.1, 0.15) is 5.75 Å². The number of hydrogen-bond acceptors (Lipinski definition) is 4. The Kier molecular flexibility index (Phi) is 5.89. The number of unbranched alkanes of at least 4 members (excludes halogenated alkanes) is 1. The molecule has 0 unspecified atom stereocenters. The van der Waals surface area contributed by atoms with E-state index in [0.29, 0.717) is 6.04 Å². The fourth-order valence-corrected chi connectivity index (χ4v) is 3.80. The average molecular weight is 386 g/mol. The van der Waals surface area contributed by atoms with E-state index in [4.69, 9.17) is 9.73 Å². The van der Waals surface area contributed by atoms with Crippen molar-refractivity contribution in [2.75, 3.05) is 12.4 Å². The number of pyridine rings is 1. The zero-order chi connectivity index (χ0) is 20.1. The lowest BCUT2D eigenvalue weighted by Gasteiger charge is -2.24. The molecule has 1 atom stereocenters. The number of nitrogens with one attached hydrogen (secondary N) is 1. The standard InChI is InChI=1S/C25H27N3O/c1-3-4-6-21-15-19-16-23(29-2)12-13-24(19)25(28-21)18-8-10-20(11-9-18)27-22-7-5-14-26-17-22/h5,7-14,16-17,21,27H,3-4,6,15H2,1-2H3/t21-/m0/s1. The summed E-state index contributed by atoms with van der Waals surface area (Å²) in [5.41, 5.74) is 6.79. The first kappa shape index (κ1) is 19.2. The number of methoxy groups -OCH3 is 1. The summed E-state index contributed by atoms with van der Waals surface area (Å²) in [5.74, 6) is 0.912. The number of benzene rings is 2. The predicted octanol–water partition coefficient (Wildman–Crippen LogP) is 5.79. The normalized spacial score (nSPS) is 15.4. The van der Waals surface area contributed by atoms with E-state index in [9.17, 15) is 0 Å². The van der Waals surface area contributed by atoms with Crippen molar-refractivity contribution in [3.8, 4) is 5.75 Å². The van der Waals surface area contributed by atoms with E-state index in [1.54, 1.807) is 13.3 Å². The molecule has 2 aromatic carbocycles. The summed E-state index contributed by atoms with van der Waals surface area (Å²) in [6, 6.07) is 19.1. The van der Waals surface area contributed by atoms with Crippen molar-refractivity contribution in [2.45, 2.75) is 38.6 Å². The molecular weight excluding hydrogens is 358 g/mol. The summed E-state index contributed by atoms with van der Waals surface area (Å²) in [6.45, 7) is 2.23. The third-order valence-electron chi connectivity index (χ3n) is 5.33. The number of fused-ring (bicyclic) bond motifs is 1. The number of nitrogens with zero attached hydrogens (tertiary/aromatic N) is 2. The van der Waals surface area contributed by atoms with E-state index < -0.39 is 0 Å². The van der Waals surface area contributed by atoms with Gasteiger partial charge in [0.2, 0.25) is 0 Å². The minimum Gasteiger partial charge on any atom is -0.497 e. The molecule has 0 bridgehead atoms. The van der Waals surface area contributed by atoms with Crippen LogP contribution in [-0.4, -0.2) is 23.8 Å². The van der Waals surface area contributed by atoms with Gasteiger partial charge in [-0.15, -0.1) is 0 Å². The molecule has 1 N–H and O–H groups in total. The fourth-order valence-electron chi connectivity index (χ4n) is 3.80. The van der Waals surface area contributed by atoms with E-state index in [-0.39, 0.29) is 0 Å². The molecule has 1 aliphatic rings. The second kappa shape index (κ2) is 8.91. The van der Waals surface area contributed by atoms with Crippen LogP contribution in [0.1, 0.15) is 42.9 Å². The highest BCUT2D eigenvalue weighted by Gasteiger charge is 2.22. The Hall–Kier alpha value is -3.14. The lowest BCUT2D eigenvalue weighted by atomic mass is 9.88. The highest BCUT2D eigenvalue weighted by atomic mass is 16.5. The number of aromatic nitrogens is 1. The molecule has 0 amide bonds. The molecule has 148 valence electrons. The quantitative estimate of drug-likeness (QED) is 0.560. The Morgan fingerprint density at radius 2 is 1.93 bits per heavy atom. The van der Waals surface area contributed by atoms with Crippen molar-refractivity contribution in [2.24, 2.45) is 4.99 Å². The van der Waals surface area contributed by atoms with Crippen molar-refractivity contribution < 1.29 is 4.74 Å². The lowest BCUT2D eigenvalue weighted by molar-refractivity contribution is 0.414. The average Bonchev–Trinajstić information content (AvgIpc) is 2.78. The van der Waals surface area contributed by atoms with Crippen LogP contribution in [0.4, 0.5) is 11.4 Å². The Morgan fingerprint density at radius 3 is 2.66 bits per heavy atom. The number of anilines is 2. The largest absolute Gasteiger partial charge is 0.497 e. The van der Waals surface area contributed by atoms with Crippen LogP contribution >= 0.6 is 0 Å². The van der Waals surface area contributed by atoms with Gasteiger partial charge in [0.25, 0.3) is 0 Å². The van der Waals surface area contributed by atoms with E-state index in [1.807, 2.05) is 24.4 Å². The van der Waals surface area contributed by atoms with Gasteiger partial charge in [0.15, 0.2) is 0 Å². The predicted molar refractivity (Wildman–Crippen MR) is 120 cm³/mol. The molecular formula is C25H27N3O. The van der Waals surface area contributed by atoms with Gasteiger partial charge in [-0.1, -0.05) is 31.9 Å². The molecule has 0 fully saturated rings. The molecule has 4 rings (SSSR count). The monoisotopic (exact) mass is 385 g/mol. The molecule has 1 aliphatic heterocycles. The minimum absolute atomic E-state index is 0.331. The molecule has 0 saturated heterocycles. The summed E-state index contributed by atoms with van der Waals surface area (Å²) in [6.07, 6.45) is 8.10. The third kappa shape index (κ3) is 4.48. The maximum Gasteiger partial charge on any atom is 0.119 e. The van der Waals surface area contributed by atoms with Crippen LogP contribution in [0.25, 0.3) is 0 Å². The first-order chi connectivity index (χ1) is 14.3. The first-order valence-corrected chi connectivity index (χ1v) is 10.3. The van der Waals surface area contributed by atoms with Crippen LogP contribution in [0.15, 0.2) is 72.0 Å². The number of aliphatic imine (C=N–C) groups is 1. The molecule has 2 heterocycles. The van der Waals surface area contributed by atoms with Gasteiger partial charge in [0, 0.05) is 23.0 Å². The Bertz CT molecular complexity index is 981. The van der Waals surface area contributed by atoms with Crippen LogP contribution < -0.4 is 10.1 Å². The number of ether oxygens (including phenoxy) is 1.